The van der Waals surface area contributed by atoms with Gasteiger partial charge in [-0.15, -0.1) is 0 Å². The van der Waals surface area contributed by atoms with Gasteiger partial charge in [0.1, 0.15) is 10.4 Å². The summed E-state index contributed by atoms with van der Waals surface area (Å²) in [5, 5.41) is 0. The maximum atomic E-state index is 6.96. The normalized spacial score (nSPS) is 16.4. The van der Waals surface area contributed by atoms with Crippen molar-refractivity contribution in [3.8, 4) is 0 Å². The molecule has 0 spiro atoms. The van der Waals surface area contributed by atoms with Crippen molar-refractivity contribution in [2.24, 2.45) is 0 Å². The van der Waals surface area contributed by atoms with E-state index in [0.29, 0.717) is 4.60 Å². The largest absolute Gasteiger partial charge is 0.242 e. The topological polar surface area (TPSA) is 25.8 Å². The molecule has 0 N–H and O–H groups in total. The minimum atomic E-state index is -2.22. The van der Waals surface area contributed by atoms with Gasteiger partial charge in [-0.2, -0.15) is 0 Å². The molecule has 0 saturated carbocycles. The summed E-state index contributed by atoms with van der Waals surface area (Å²) in [4.78, 5) is 7.29. The van der Waals surface area contributed by atoms with E-state index < -0.39 is 6.85 Å². The molecule has 42 valence electrons. The lowest BCUT2D eigenvalue weighted by molar-refractivity contribution is 1.03. The number of nitrogens with zero attached hydrogens (tertiary/aromatic N) is 2. The first kappa shape index (κ1) is 2.92. The second kappa shape index (κ2) is 2.22. The number of aromatic nitrogens is 2. The van der Waals surface area contributed by atoms with Crippen molar-refractivity contribution < 1.29 is 4.11 Å². The minimum absolute atomic E-state index is 0.133. The molecule has 1 aromatic rings. The first-order valence-corrected chi connectivity index (χ1v) is 2.78. The van der Waals surface area contributed by atoms with Crippen LogP contribution in [0.2, 0.25) is 0 Å². The lowest BCUT2D eigenvalue weighted by Gasteiger charge is -1.87. The third-order valence-electron chi connectivity index (χ3n) is 0.622. The molecule has 0 aliphatic rings. The van der Waals surface area contributed by atoms with Crippen LogP contribution in [0.25, 0.3) is 0 Å². The summed E-state index contributed by atoms with van der Waals surface area (Å²) in [7, 11) is 0. The van der Waals surface area contributed by atoms with Gasteiger partial charge in [-0.3, -0.25) is 0 Å². The van der Waals surface area contributed by atoms with Crippen LogP contribution in [0.1, 0.15) is 9.94 Å². The summed E-state index contributed by atoms with van der Waals surface area (Å²) in [6.07, 6.45) is 1.40. The Morgan fingerprint density at radius 3 is 3.25 bits per heavy atom. The standard InChI is InChI=1S/C5H5BrN2/c1-4-7-3-2-5(6)8-4/h2-3H,1H3/i1D3. The van der Waals surface area contributed by atoms with E-state index in [0.717, 1.165) is 0 Å². The molecule has 1 rings (SSSR count). The summed E-state index contributed by atoms with van der Waals surface area (Å²) < 4.78 is 21.4. The van der Waals surface area contributed by atoms with E-state index >= 15 is 0 Å². The molecule has 0 amide bonds. The summed E-state index contributed by atoms with van der Waals surface area (Å²) in [5.74, 6) is -0.133. The van der Waals surface area contributed by atoms with Gasteiger partial charge in [0.15, 0.2) is 0 Å². The van der Waals surface area contributed by atoms with Crippen LogP contribution in [0.15, 0.2) is 16.9 Å². The van der Waals surface area contributed by atoms with E-state index in [2.05, 4.69) is 25.9 Å². The van der Waals surface area contributed by atoms with Crippen LogP contribution in [0.3, 0.4) is 0 Å². The van der Waals surface area contributed by atoms with Gasteiger partial charge in [0.05, 0.1) is 0 Å². The van der Waals surface area contributed by atoms with E-state index in [1.807, 2.05) is 0 Å². The zero-order chi connectivity index (χ0) is 8.48. The number of hydrogen-bond donors (Lipinski definition) is 0. The number of rotatable bonds is 0. The molecule has 1 aromatic heterocycles. The maximum Gasteiger partial charge on any atom is 0.126 e. The van der Waals surface area contributed by atoms with Gasteiger partial charge in [0, 0.05) is 10.3 Å². The van der Waals surface area contributed by atoms with Crippen molar-refractivity contribution in [2.45, 2.75) is 6.85 Å². The Morgan fingerprint density at radius 1 is 1.88 bits per heavy atom. The molecule has 0 atom stereocenters. The van der Waals surface area contributed by atoms with Gasteiger partial charge >= 0.3 is 0 Å². The Morgan fingerprint density at radius 2 is 2.75 bits per heavy atom. The van der Waals surface area contributed by atoms with Gasteiger partial charge < -0.3 is 0 Å². The second-order valence-electron chi connectivity index (χ2n) is 1.20. The number of halogens is 1. The summed E-state index contributed by atoms with van der Waals surface area (Å²) >= 11 is 3.05. The van der Waals surface area contributed by atoms with Gasteiger partial charge in [-0.05, 0) is 28.8 Å². The van der Waals surface area contributed by atoms with Gasteiger partial charge in [-0.1, -0.05) is 0 Å². The highest BCUT2D eigenvalue weighted by Gasteiger charge is 1.85. The molecule has 2 nitrogen and oxygen atoms in total. The highest BCUT2D eigenvalue weighted by atomic mass is 79.9. The zero-order valence-corrected chi connectivity index (χ0v) is 5.51. The van der Waals surface area contributed by atoms with Gasteiger partial charge in [0.25, 0.3) is 0 Å². The molecule has 0 radical (unpaired) electrons. The van der Waals surface area contributed by atoms with Crippen LogP contribution >= 0.6 is 15.9 Å². The highest BCUT2D eigenvalue weighted by Crippen LogP contribution is 2.01. The summed E-state index contributed by atoms with van der Waals surface area (Å²) in [5.41, 5.74) is 0. The fourth-order valence-corrected chi connectivity index (χ4v) is 0.623. The Hall–Kier alpha value is -0.440. The molecule has 3 heteroatoms. The summed E-state index contributed by atoms with van der Waals surface area (Å²) in [6.45, 7) is -2.22. The Bertz CT molecular complexity index is 260. The molecular formula is C5H5BrN2. The lowest BCUT2D eigenvalue weighted by atomic mass is 10.6. The van der Waals surface area contributed by atoms with E-state index in [1.165, 1.54) is 6.20 Å². The van der Waals surface area contributed by atoms with Crippen LogP contribution in [0.4, 0.5) is 0 Å². The fraction of sp³-hybridized carbons (Fsp3) is 0.200. The van der Waals surface area contributed by atoms with Crippen LogP contribution in [-0.4, -0.2) is 9.97 Å². The molecule has 0 fully saturated rings. The molecule has 0 aromatic carbocycles. The smallest absolute Gasteiger partial charge is 0.126 e. The molecule has 1 heterocycles. The quantitative estimate of drug-likeness (QED) is 0.560. The van der Waals surface area contributed by atoms with Crippen LogP contribution < -0.4 is 0 Å². The molecule has 8 heavy (non-hydrogen) atoms. The molecular weight excluding hydrogens is 168 g/mol. The Balaban J connectivity index is 3.06. The predicted octanol–water partition coefficient (Wildman–Crippen LogP) is 1.55. The SMILES string of the molecule is [2H]C([2H])([2H])c1nccc(Br)n1. The van der Waals surface area contributed by atoms with Crippen molar-refractivity contribution in [2.75, 3.05) is 0 Å². The average molecular weight is 176 g/mol. The number of hydrogen-bond acceptors (Lipinski definition) is 2. The average Bonchev–Trinajstić information content (AvgIpc) is 1.86. The van der Waals surface area contributed by atoms with Crippen molar-refractivity contribution in [1.82, 2.24) is 9.97 Å². The van der Waals surface area contributed by atoms with Gasteiger partial charge in [-0.25, -0.2) is 9.97 Å². The molecule has 0 aliphatic heterocycles. The highest BCUT2D eigenvalue weighted by molar-refractivity contribution is 9.10. The van der Waals surface area contributed by atoms with E-state index in [1.54, 1.807) is 6.07 Å². The molecule has 0 aliphatic carbocycles. The van der Waals surface area contributed by atoms with Gasteiger partial charge in [0.2, 0.25) is 0 Å². The first-order chi connectivity index (χ1) is 5.00. The van der Waals surface area contributed by atoms with E-state index in [-0.39, 0.29) is 5.82 Å². The van der Waals surface area contributed by atoms with Crippen molar-refractivity contribution >= 4 is 15.9 Å². The zero-order valence-electron chi connectivity index (χ0n) is 6.93. The lowest BCUT2D eigenvalue weighted by Crippen LogP contribution is -1.83. The third-order valence-corrected chi connectivity index (χ3v) is 1.06. The second-order valence-corrected chi connectivity index (χ2v) is 2.02. The Kier molecular flexibility index (Phi) is 0.809. The monoisotopic (exact) mass is 175 g/mol. The predicted molar refractivity (Wildman–Crippen MR) is 34.5 cm³/mol. The van der Waals surface area contributed by atoms with Crippen LogP contribution in [0, 0.1) is 6.85 Å². The Labute approximate surface area is 60.3 Å². The molecule has 0 bridgehead atoms. The first-order valence-electron chi connectivity index (χ1n) is 3.49. The molecule has 0 saturated heterocycles. The maximum absolute atomic E-state index is 6.96. The third kappa shape index (κ3) is 1.26. The van der Waals surface area contributed by atoms with Crippen LogP contribution in [-0.2, 0) is 0 Å². The molecule has 0 unspecified atom stereocenters. The minimum Gasteiger partial charge on any atom is -0.242 e. The van der Waals surface area contributed by atoms with Crippen molar-refractivity contribution in [1.29, 1.82) is 0 Å². The van der Waals surface area contributed by atoms with E-state index in [4.69, 9.17) is 4.11 Å². The number of aryl methyl sites for hydroxylation is 1. The van der Waals surface area contributed by atoms with E-state index in [9.17, 15) is 0 Å². The van der Waals surface area contributed by atoms with Crippen molar-refractivity contribution in [3.63, 3.8) is 0 Å². The fourth-order valence-electron chi connectivity index (χ4n) is 0.337. The summed E-state index contributed by atoms with van der Waals surface area (Å²) in [6, 6.07) is 1.58. The van der Waals surface area contributed by atoms with Crippen molar-refractivity contribution in [3.05, 3.63) is 22.7 Å². The van der Waals surface area contributed by atoms with Crippen LogP contribution in [0.5, 0.6) is 0 Å².